The lowest BCUT2D eigenvalue weighted by Crippen LogP contribution is -2.42. The summed E-state index contributed by atoms with van der Waals surface area (Å²) < 4.78 is 0. The minimum atomic E-state index is 0.212. The molecular formula is C18H27N3O. The zero-order chi connectivity index (χ0) is 15.5. The molecule has 1 aliphatic heterocycles. The van der Waals surface area contributed by atoms with Crippen LogP contribution in [-0.4, -0.2) is 48.9 Å². The van der Waals surface area contributed by atoms with Crippen molar-refractivity contribution in [3.8, 4) is 0 Å². The fourth-order valence-electron chi connectivity index (χ4n) is 3.57. The lowest BCUT2D eigenvalue weighted by Gasteiger charge is -2.30. The number of carbonyl (C=O) groups is 1. The van der Waals surface area contributed by atoms with Crippen molar-refractivity contribution in [3.63, 3.8) is 0 Å². The van der Waals surface area contributed by atoms with Crippen molar-refractivity contribution in [2.45, 2.75) is 44.8 Å². The second-order valence-electron chi connectivity index (χ2n) is 6.83. The van der Waals surface area contributed by atoms with Crippen LogP contribution in [0.2, 0.25) is 0 Å². The summed E-state index contributed by atoms with van der Waals surface area (Å²) in [5, 5.41) is 3.35. The topological polar surface area (TPSA) is 35.6 Å². The number of nitrogens with one attached hydrogen (secondary N) is 1. The molecule has 4 nitrogen and oxygen atoms in total. The molecule has 0 radical (unpaired) electrons. The van der Waals surface area contributed by atoms with E-state index < -0.39 is 0 Å². The Hall–Kier alpha value is -1.39. The van der Waals surface area contributed by atoms with E-state index >= 15 is 0 Å². The number of fused-ring (bicyclic) bond motifs is 1. The maximum absolute atomic E-state index is 13.0. The van der Waals surface area contributed by atoms with Gasteiger partial charge in [-0.15, -0.1) is 0 Å². The second kappa shape index (κ2) is 6.80. The van der Waals surface area contributed by atoms with Gasteiger partial charge in [-0.3, -0.25) is 4.79 Å². The number of amides is 1. The SMILES string of the molecule is CN(C)CCN(C(=O)c1ccc2c(c1)CNC2)C1CCCC1. The number of carbonyl (C=O) groups excluding carboxylic acids is 1. The van der Waals surface area contributed by atoms with Crippen LogP contribution in [0.15, 0.2) is 18.2 Å². The number of rotatable bonds is 5. The van der Waals surface area contributed by atoms with Crippen LogP contribution in [0.25, 0.3) is 0 Å². The highest BCUT2D eigenvalue weighted by atomic mass is 16.2. The first-order valence-corrected chi connectivity index (χ1v) is 8.43. The van der Waals surface area contributed by atoms with E-state index in [1.807, 2.05) is 6.07 Å². The monoisotopic (exact) mass is 301 g/mol. The molecule has 0 bridgehead atoms. The Morgan fingerprint density at radius 2 is 1.86 bits per heavy atom. The summed E-state index contributed by atoms with van der Waals surface area (Å²) in [6.07, 6.45) is 4.83. The molecule has 1 saturated carbocycles. The molecule has 1 N–H and O–H groups in total. The Kier molecular flexibility index (Phi) is 4.79. The number of nitrogens with zero attached hydrogens (tertiary/aromatic N) is 2. The lowest BCUT2D eigenvalue weighted by molar-refractivity contribution is 0.0667. The number of benzene rings is 1. The molecule has 0 aromatic heterocycles. The van der Waals surface area contributed by atoms with E-state index in [-0.39, 0.29) is 5.91 Å². The average molecular weight is 301 g/mol. The smallest absolute Gasteiger partial charge is 0.254 e. The van der Waals surface area contributed by atoms with Crippen molar-refractivity contribution in [2.75, 3.05) is 27.2 Å². The summed E-state index contributed by atoms with van der Waals surface area (Å²) in [6, 6.07) is 6.64. The van der Waals surface area contributed by atoms with Gasteiger partial charge in [-0.2, -0.15) is 0 Å². The molecule has 1 aliphatic carbocycles. The van der Waals surface area contributed by atoms with Crippen molar-refractivity contribution in [1.82, 2.24) is 15.1 Å². The first-order chi connectivity index (χ1) is 10.6. The molecule has 22 heavy (non-hydrogen) atoms. The van der Waals surface area contributed by atoms with Gasteiger partial charge in [-0.05, 0) is 50.2 Å². The minimum absolute atomic E-state index is 0.212. The summed E-state index contributed by atoms with van der Waals surface area (Å²) in [7, 11) is 4.14. The Bertz CT molecular complexity index is 535. The molecule has 0 spiro atoms. The normalized spacial score (nSPS) is 18.0. The largest absolute Gasteiger partial charge is 0.334 e. The third-order valence-electron chi connectivity index (χ3n) is 4.90. The van der Waals surface area contributed by atoms with Crippen LogP contribution in [0, 0.1) is 0 Å². The molecule has 1 fully saturated rings. The average Bonchev–Trinajstić information content (AvgIpc) is 3.17. The van der Waals surface area contributed by atoms with Crippen LogP contribution in [0.3, 0.4) is 0 Å². The summed E-state index contributed by atoms with van der Waals surface area (Å²) in [4.78, 5) is 17.3. The van der Waals surface area contributed by atoms with E-state index in [1.165, 1.54) is 24.0 Å². The fourth-order valence-corrected chi connectivity index (χ4v) is 3.57. The molecule has 1 amide bonds. The zero-order valence-electron chi connectivity index (χ0n) is 13.8. The van der Waals surface area contributed by atoms with Crippen LogP contribution in [0.1, 0.15) is 47.2 Å². The summed E-state index contributed by atoms with van der Waals surface area (Å²) in [5.41, 5.74) is 3.47. The van der Waals surface area contributed by atoms with Gasteiger partial charge in [0.1, 0.15) is 0 Å². The Labute approximate surface area is 133 Å². The van der Waals surface area contributed by atoms with Gasteiger partial charge in [-0.25, -0.2) is 0 Å². The van der Waals surface area contributed by atoms with Crippen molar-refractivity contribution < 1.29 is 4.79 Å². The van der Waals surface area contributed by atoms with Crippen molar-refractivity contribution in [1.29, 1.82) is 0 Å². The van der Waals surface area contributed by atoms with E-state index in [1.54, 1.807) is 0 Å². The molecule has 3 rings (SSSR count). The molecule has 1 heterocycles. The lowest BCUT2D eigenvalue weighted by atomic mass is 10.0. The fraction of sp³-hybridized carbons (Fsp3) is 0.611. The quantitative estimate of drug-likeness (QED) is 0.906. The standard InChI is InChI=1S/C18H27N3O/c1-20(2)9-10-21(17-5-3-4-6-17)18(22)14-7-8-15-12-19-13-16(15)11-14/h7-8,11,17,19H,3-6,9-10,12-13H2,1-2H3. The van der Waals surface area contributed by atoms with Crippen molar-refractivity contribution in [3.05, 3.63) is 34.9 Å². The maximum atomic E-state index is 13.0. The van der Waals surface area contributed by atoms with Gasteiger partial charge < -0.3 is 15.1 Å². The second-order valence-corrected chi connectivity index (χ2v) is 6.83. The summed E-state index contributed by atoms with van der Waals surface area (Å²) >= 11 is 0. The van der Waals surface area contributed by atoms with Gasteiger partial charge in [0.25, 0.3) is 5.91 Å². The van der Waals surface area contributed by atoms with Gasteiger partial charge in [0.2, 0.25) is 0 Å². The molecule has 4 heteroatoms. The highest BCUT2D eigenvalue weighted by Crippen LogP contribution is 2.26. The van der Waals surface area contributed by atoms with E-state index in [4.69, 9.17) is 0 Å². The predicted octanol–water partition coefficient (Wildman–Crippen LogP) is 2.24. The summed E-state index contributed by atoms with van der Waals surface area (Å²) in [5.74, 6) is 0.212. The van der Waals surface area contributed by atoms with E-state index in [0.29, 0.717) is 6.04 Å². The van der Waals surface area contributed by atoms with Crippen LogP contribution in [0.4, 0.5) is 0 Å². The van der Waals surface area contributed by atoms with Crippen LogP contribution < -0.4 is 5.32 Å². The number of hydrogen-bond acceptors (Lipinski definition) is 3. The van der Waals surface area contributed by atoms with E-state index in [9.17, 15) is 4.79 Å². The van der Waals surface area contributed by atoms with Crippen LogP contribution >= 0.6 is 0 Å². The van der Waals surface area contributed by atoms with Gasteiger partial charge >= 0.3 is 0 Å². The van der Waals surface area contributed by atoms with Crippen molar-refractivity contribution >= 4 is 5.91 Å². The Morgan fingerprint density at radius 3 is 2.59 bits per heavy atom. The Morgan fingerprint density at radius 1 is 1.14 bits per heavy atom. The van der Waals surface area contributed by atoms with Crippen molar-refractivity contribution in [2.24, 2.45) is 0 Å². The van der Waals surface area contributed by atoms with Crippen LogP contribution in [0.5, 0.6) is 0 Å². The highest BCUT2D eigenvalue weighted by Gasteiger charge is 2.27. The molecule has 120 valence electrons. The molecule has 0 unspecified atom stereocenters. The van der Waals surface area contributed by atoms with Gasteiger partial charge in [0.05, 0.1) is 0 Å². The highest BCUT2D eigenvalue weighted by molar-refractivity contribution is 5.94. The predicted molar refractivity (Wildman–Crippen MR) is 88.8 cm³/mol. The minimum Gasteiger partial charge on any atom is -0.334 e. The maximum Gasteiger partial charge on any atom is 0.254 e. The number of likely N-dealkylation sites (N-methyl/N-ethyl adjacent to an activating group) is 1. The third kappa shape index (κ3) is 3.33. The van der Waals surface area contributed by atoms with E-state index in [0.717, 1.165) is 44.6 Å². The molecule has 0 atom stereocenters. The summed E-state index contributed by atoms with van der Waals surface area (Å²) in [6.45, 7) is 3.56. The first-order valence-electron chi connectivity index (χ1n) is 8.43. The van der Waals surface area contributed by atoms with E-state index in [2.05, 4.69) is 41.3 Å². The molecular weight excluding hydrogens is 274 g/mol. The molecule has 1 aromatic rings. The Balaban J connectivity index is 1.78. The van der Waals surface area contributed by atoms with Crippen LogP contribution in [-0.2, 0) is 13.1 Å². The van der Waals surface area contributed by atoms with Gasteiger partial charge in [-0.1, -0.05) is 18.9 Å². The third-order valence-corrected chi connectivity index (χ3v) is 4.90. The molecule has 1 aromatic carbocycles. The molecule has 2 aliphatic rings. The van der Waals surface area contributed by atoms with Gasteiger partial charge in [0, 0.05) is 37.8 Å². The van der Waals surface area contributed by atoms with Gasteiger partial charge in [0.15, 0.2) is 0 Å². The zero-order valence-corrected chi connectivity index (χ0v) is 13.8. The first kappa shape index (κ1) is 15.5. The molecule has 0 saturated heterocycles. The number of hydrogen-bond donors (Lipinski definition) is 1.